The van der Waals surface area contributed by atoms with Crippen molar-refractivity contribution < 1.29 is 19.4 Å². The predicted octanol–water partition coefficient (Wildman–Crippen LogP) is 3.57. The van der Waals surface area contributed by atoms with Crippen LogP contribution < -0.4 is 10.6 Å². The Balaban J connectivity index is 1.40. The van der Waals surface area contributed by atoms with Crippen LogP contribution in [0.25, 0.3) is 0 Å². The van der Waals surface area contributed by atoms with E-state index in [0.717, 1.165) is 36.0 Å². The van der Waals surface area contributed by atoms with Gasteiger partial charge in [0.15, 0.2) is 5.96 Å². The number of fused-ring (bicyclic) bond motifs is 2. The number of ether oxygens (including phenoxy) is 1. The fourth-order valence-electron chi connectivity index (χ4n) is 5.99. The number of hydrogen-bond donors (Lipinski definition) is 4. The summed E-state index contributed by atoms with van der Waals surface area (Å²) in [5.74, 6) is -0.331. The highest BCUT2D eigenvalue weighted by atomic mass is 16.5. The number of guanidine groups is 1. The number of carbonyl (C=O) groups is 2. The van der Waals surface area contributed by atoms with E-state index >= 15 is 0 Å². The van der Waals surface area contributed by atoms with Crippen LogP contribution in [-0.2, 0) is 14.9 Å². The molecule has 1 spiro atoms. The van der Waals surface area contributed by atoms with E-state index in [1.54, 1.807) is 25.3 Å². The minimum Gasteiger partial charge on any atom is -0.390 e. The minimum atomic E-state index is -0.656. The maximum absolute atomic E-state index is 13.4. The Labute approximate surface area is 217 Å². The molecule has 2 aliphatic carbocycles. The number of benzene rings is 2. The second-order valence-corrected chi connectivity index (χ2v) is 10.9. The molecule has 2 aromatic rings. The predicted molar refractivity (Wildman–Crippen MR) is 140 cm³/mol. The first-order chi connectivity index (χ1) is 17.7. The molecule has 4 atom stereocenters. The lowest BCUT2D eigenvalue weighted by atomic mass is 9.90. The van der Waals surface area contributed by atoms with Gasteiger partial charge >= 0.3 is 0 Å². The van der Waals surface area contributed by atoms with Gasteiger partial charge < -0.3 is 20.5 Å². The van der Waals surface area contributed by atoms with Crippen molar-refractivity contribution in [1.82, 2.24) is 15.5 Å². The highest BCUT2D eigenvalue weighted by molar-refractivity contribution is 6.00. The topological polar surface area (TPSA) is 115 Å². The maximum atomic E-state index is 13.4. The smallest absolute Gasteiger partial charge is 0.251 e. The minimum absolute atomic E-state index is 0.0666. The van der Waals surface area contributed by atoms with Gasteiger partial charge in [-0.25, -0.2) is 0 Å². The molecule has 3 unspecified atom stereocenters. The number of rotatable bonds is 8. The summed E-state index contributed by atoms with van der Waals surface area (Å²) in [5, 5.41) is 26.0. The summed E-state index contributed by atoms with van der Waals surface area (Å²) in [5.41, 5.74) is 2.63. The number of nitrogens with one attached hydrogen (secondary N) is 3. The maximum Gasteiger partial charge on any atom is 0.251 e. The zero-order valence-electron chi connectivity index (χ0n) is 21.7. The van der Waals surface area contributed by atoms with Crippen LogP contribution in [0.5, 0.6) is 0 Å². The third-order valence-corrected chi connectivity index (χ3v) is 8.48. The highest BCUT2D eigenvalue weighted by Crippen LogP contribution is 2.59. The molecule has 0 bridgehead atoms. The van der Waals surface area contributed by atoms with Crippen LogP contribution in [0.1, 0.15) is 85.1 Å². The van der Waals surface area contributed by atoms with E-state index in [4.69, 9.17) is 10.1 Å². The van der Waals surface area contributed by atoms with Gasteiger partial charge in [-0.1, -0.05) is 43.3 Å². The summed E-state index contributed by atoms with van der Waals surface area (Å²) in [6, 6.07) is 14.2. The van der Waals surface area contributed by atoms with E-state index in [2.05, 4.69) is 16.7 Å². The van der Waals surface area contributed by atoms with Crippen molar-refractivity contribution in [2.24, 2.45) is 0 Å². The van der Waals surface area contributed by atoms with Gasteiger partial charge in [0.1, 0.15) is 0 Å². The molecule has 0 aromatic heterocycles. The van der Waals surface area contributed by atoms with E-state index in [1.807, 2.05) is 38.1 Å². The average molecular weight is 505 g/mol. The van der Waals surface area contributed by atoms with Crippen LogP contribution in [0, 0.1) is 5.41 Å². The van der Waals surface area contributed by atoms with Crippen LogP contribution in [0.2, 0.25) is 0 Å². The van der Waals surface area contributed by atoms with Gasteiger partial charge in [-0.05, 0) is 61.4 Å². The lowest BCUT2D eigenvalue weighted by Crippen LogP contribution is -2.61. The summed E-state index contributed by atoms with van der Waals surface area (Å²) in [6.07, 6.45) is 2.69. The molecule has 0 radical (unpaired) electrons. The van der Waals surface area contributed by atoms with Crippen LogP contribution in [0.15, 0.2) is 48.5 Å². The van der Waals surface area contributed by atoms with Crippen LogP contribution in [0.4, 0.5) is 0 Å². The molecule has 5 rings (SSSR count). The van der Waals surface area contributed by atoms with Gasteiger partial charge in [-0.2, -0.15) is 0 Å². The van der Waals surface area contributed by atoms with Crippen LogP contribution >= 0.6 is 0 Å². The molecule has 196 valence electrons. The lowest BCUT2D eigenvalue weighted by Gasteiger charge is -2.43. The van der Waals surface area contributed by atoms with Crippen molar-refractivity contribution in [2.75, 3.05) is 13.7 Å². The molecule has 2 amide bonds. The van der Waals surface area contributed by atoms with Gasteiger partial charge in [0.05, 0.1) is 24.6 Å². The van der Waals surface area contributed by atoms with E-state index in [-0.39, 0.29) is 29.6 Å². The molecule has 2 fully saturated rings. The first kappa shape index (κ1) is 25.4. The average Bonchev–Trinajstić information content (AvgIpc) is 3.66. The number of amides is 2. The molecule has 8 nitrogen and oxygen atoms in total. The number of nitrogens with zero attached hydrogens (tertiary/aromatic N) is 1. The largest absolute Gasteiger partial charge is 0.390 e. The van der Waals surface area contributed by atoms with Crippen molar-refractivity contribution in [3.05, 3.63) is 70.8 Å². The molecular formula is C29H36N4O4. The molecule has 8 heteroatoms. The third-order valence-electron chi connectivity index (χ3n) is 8.48. The summed E-state index contributed by atoms with van der Waals surface area (Å²) >= 11 is 0. The Morgan fingerprint density at radius 2 is 2.03 bits per heavy atom. The number of hydrogen-bond acceptors (Lipinski definition) is 5. The second kappa shape index (κ2) is 9.58. The van der Waals surface area contributed by atoms with Crippen molar-refractivity contribution in [3.63, 3.8) is 0 Å². The van der Waals surface area contributed by atoms with Gasteiger partial charge in [0.25, 0.3) is 5.91 Å². The van der Waals surface area contributed by atoms with Crippen molar-refractivity contribution in [1.29, 1.82) is 5.41 Å². The standard InChI is InChI=1S/C29H36N4O4/c1-4-28(2)17-23(34)33(27(30)32-28)22(12-15-37-3)18-8-7-9-19(16-18)26(36)31-24-20-10-5-6-11-21(20)29(13-14-29)25(24)35/h5-11,16,22,24-25,35H,4,12-15,17H2,1-3H3,(H2,30,32)(H,31,36)/t22-,24?,25?,28?/m1/s1. The third kappa shape index (κ3) is 4.42. The molecule has 2 aromatic carbocycles. The zero-order chi connectivity index (χ0) is 26.4. The first-order valence-electron chi connectivity index (χ1n) is 13.1. The first-order valence-corrected chi connectivity index (χ1v) is 13.1. The lowest BCUT2D eigenvalue weighted by molar-refractivity contribution is -0.132. The van der Waals surface area contributed by atoms with Crippen LogP contribution in [-0.4, -0.2) is 53.1 Å². The van der Waals surface area contributed by atoms with Gasteiger partial charge in [0.2, 0.25) is 5.91 Å². The van der Waals surface area contributed by atoms with Gasteiger partial charge in [-0.3, -0.25) is 19.9 Å². The van der Waals surface area contributed by atoms with Crippen molar-refractivity contribution >= 4 is 17.8 Å². The van der Waals surface area contributed by atoms with Gasteiger partial charge in [0, 0.05) is 30.2 Å². The molecular weight excluding hydrogens is 468 g/mol. The number of aliphatic hydroxyl groups is 1. The molecule has 1 heterocycles. The summed E-state index contributed by atoms with van der Waals surface area (Å²) < 4.78 is 5.32. The fraction of sp³-hybridized carbons (Fsp3) is 0.483. The fourth-order valence-corrected chi connectivity index (χ4v) is 5.99. The van der Waals surface area contributed by atoms with Crippen molar-refractivity contribution in [2.45, 2.75) is 75.1 Å². The normalized spacial score (nSPS) is 26.5. The summed E-state index contributed by atoms with van der Waals surface area (Å²) in [7, 11) is 1.61. The summed E-state index contributed by atoms with van der Waals surface area (Å²) in [4.78, 5) is 28.1. The Kier molecular flexibility index (Phi) is 6.58. The van der Waals surface area contributed by atoms with Gasteiger partial charge in [-0.15, -0.1) is 0 Å². The van der Waals surface area contributed by atoms with E-state index in [1.165, 1.54) is 4.90 Å². The Bertz CT molecular complexity index is 1210. The Morgan fingerprint density at radius 3 is 2.70 bits per heavy atom. The Morgan fingerprint density at radius 1 is 1.27 bits per heavy atom. The van der Waals surface area contributed by atoms with Crippen molar-refractivity contribution in [3.8, 4) is 0 Å². The number of aliphatic hydroxyl groups excluding tert-OH is 1. The Hall–Kier alpha value is -3.23. The second-order valence-electron chi connectivity index (χ2n) is 10.9. The van der Waals surface area contributed by atoms with Crippen LogP contribution in [0.3, 0.4) is 0 Å². The van der Waals surface area contributed by atoms with E-state index in [0.29, 0.717) is 18.6 Å². The molecule has 1 saturated carbocycles. The SMILES string of the molecule is CCC1(C)CC(=O)N([C@H](CCOC)c2cccc(C(=O)NC3c4ccccc4C4(CC4)C3O)c2)C(=N)N1. The molecule has 1 aliphatic heterocycles. The van der Waals surface area contributed by atoms with E-state index in [9.17, 15) is 14.7 Å². The molecule has 4 N–H and O–H groups in total. The zero-order valence-corrected chi connectivity index (χ0v) is 21.7. The molecule has 3 aliphatic rings. The van der Waals surface area contributed by atoms with E-state index < -0.39 is 23.7 Å². The molecule has 37 heavy (non-hydrogen) atoms. The monoisotopic (exact) mass is 504 g/mol. The summed E-state index contributed by atoms with van der Waals surface area (Å²) in [6.45, 7) is 4.35. The quantitative estimate of drug-likeness (QED) is 0.439. The number of methoxy groups -OCH3 is 1. The highest BCUT2D eigenvalue weighted by Gasteiger charge is 2.59. The number of carbonyl (C=O) groups excluding carboxylic acids is 2. The molecule has 1 saturated heterocycles.